The largest absolute Gasteiger partial charge is 0.452 e. The van der Waals surface area contributed by atoms with Crippen molar-refractivity contribution in [3.63, 3.8) is 0 Å². The Morgan fingerprint density at radius 3 is 2.67 bits per heavy atom. The first-order chi connectivity index (χ1) is 14.0. The van der Waals surface area contributed by atoms with E-state index >= 15 is 0 Å². The van der Waals surface area contributed by atoms with Gasteiger partial charge in [-0.05, 0) is 30.3 Å². The number of amides is 1. The number of nitrogens with one attached hydrogen (secondary N) is 1. The first kappa shape index (κ1) is 21.8. The van der Waals surface area contributed by atoms with Gasteiger partial charge < -0.3 is 15.8 Å². The normalized spacial score (nSPS) is 21.5. The van der Waals surface area contributed by atoms with E-state index < -0.39 is 54.2 Å². The van der Waals surface area contributed by atoms with Gasteiger partial charge in [0.2, 0.25) is 0 Å². The van der Waals surface area contributed by atoms with Crippen LogP contribution in [0.3, 0.4) is 0 Å². The minimum absolute atomic E-state index is 0.00945. The molecule has 12 heteroatoms. The van der Waals surface area contributed by atoms with Crippen LogP contribution >= 0.6 is 11.6 Å². The van der Waals surface area contributed by atoms with Gasteiger partial charge in [-0.3, -0.25) is 4.79 Å². The van der Waals surface area contributed by atoms with Gasteiger partial charge in [0, 0.05) is 23.9 Å². The highest BCUT2D eigenvalue weighted by molar-refractivity contribution is 6.30. The molecular weight excluding hydrogens is 435 g/mol. The van der Waals surface area contributed by atoms with Crippen LogP contribution in [-0.2, 0) is 10.3 Å². The van der Waals surface area contributed by atoms with Crippen LogP contribution in [-0.4, -0.2) is 35.9 Å². The maximum absolute atomic E-state index is 14.5. The van der Waals surface area contributed by atoms with Crippen molar-refractivity contribution in [2.75, 3.05) is 12.0 Å². The predicted molar refractivity (Wildman–Crippen MR) is 98.4 cm³/mol. The molecule has 0 spiro atoms. The Hall–Kier alpha value is -2.95. The zero-order chi connectivity index (χ0) is 22.1. The molecule has 0 saturated heterocycles. The van der Waals surface area contributed by atoms with Gasteiger partial charge in [-0.2, -0.15) is 13.2 Å². The van der Waals surface area contributed by atoms with Gasteiger partial charge in [0.05, 0.1) is 5.02 Å². The second kappa shape index (κ2) is 8.05. The summed E-state index contributed by atoms with van der Waals surface area (Å²) in [6.07, 6.45) is -7.13. The molecule has 1 aromatic heterocycles. The van der Waals surface area contributed by atoms with Crippen molar-refractivity contribution in [3.8, 4) is 0 Å². The van der Waals surface area contributed by atoms with Gasteiger partial charge in [-0.15, -0.1) is 0 Å². The summed E-state index contributed by atoms with van der Waals surface area (Å²) in [5.74, 6) is -1.71. The van der Waals surface area contributed by atoms with Crippen LogP contribution in [0.25, 0.3) is 0 Å². The molecule has 0 bridgehead atoms. The standard InChI is InChI=1S/C18H14ClF5N4O2/c19-9-1-4-13(26-7-9)15(29)27-10-2-3-12(21)11(5-10)17(8-20)6-14(18(22,23)24)30-16(25)28-17/h1-5,7,14H,6,8H2,(H2,25,28)(H,27,29)/t14-,17+/m0/s1. The highest BCUT2D eigenvalue weighted by Gasteiger charge is 2.52. The number of nitrogens with zero attached hydrogens (tertiary/aromatic N) is 2. The zero-order valence-electron chi connectivity index (χ0n) is 15.0. The van der Waals surface area contributed by atoms with E-state index in [4.69, 9.17) is 17.3 Å². The average Bonchev–Trinajstić information content (AvgIpc) is 2.68. The van der Waals surface area contributed by atoms with E-state index in [1.807, 2.05) is 0 Å². The molecule has 1 aliphatic heterocycles. The Bertz CT molecular complexity index is 984. The van der Waals surface area contributed by atoms with Crippen molar-refractivity contribution < 1.29 is 31.5 Å². The third-order valence-electron chi connectivity index (χ3n) is 4.38. The van der Waals surface area contributed by atoms with Gasteiger partial charge in [0.25, 0.3) is 11.9 Å². The number of carbonyl (C=O) groups is 1. The first-order valence-electron chi connectivity index (χ1n) is 8.42. The van der Waals surface area contributed by atoms with Gasteiger partial charge >= 0.3 is 6.18 Å². The summed E-state index contributed by atoms with van der Waals surface area (Å²) < 4.78 is 72.4. The molecule has 2 heterocycles. The molecule has 0 radical (unpaired) electrons. The van der Waals surface area contributed by atoms with E-state index in [9.17, 15) is 26.7 Å². The number of nitrogens with two attached hydrogens (primary N) is 1. The topological polar surface area (TPSA) is 89.6 Å². The van der Waals surface area contributed by atoms with Crippen molar-refractivity contribution in [1.29, 1.82) is 0 Å². The smallest absolute Gasteiger partial charge is 0.425 e. The Balaban J connectivity index is 1.96. The number of rotatable bonds is 4. The number of anilines is 1. The average molecular weight is 449 g/mol. The zero-order valence-corrected chi connectivity index (χ0v) is 15.8. The molecule has 3 N–H and O–H groups in total. The van der Waals surface area contributed by atoms with Crippen LogP contribution in [0.5, 0.6) is 0 Å². The van der Waals surface area contributed by atoms with Crippen LogP contribution in [0.4, 0.5) is 27.6 Å². The molecule has 1 aliphatic rings. The van der Waals surface area contributed by atoms with E-state index in [1.165, 1.54) is 18.3 Å². The number of aliphatic imine (C=N–C) groups is 1. The van der Waals surface area contributed by atoms with Crippen LogP contribution in [0.1, 0.15) is 22.5 Å². The lowest BCUT2D eigenvalue weighted by molar-refractivity contribution is -0.209. The second-order valence-electron chi connectivity index (χ2n) is 6.48. The summed E-state index contributed by atoms with van der Waals surface area (Å²) in [5, 5.41) is 2.71. The summed E-state index contributed by atoms with van der Waals surface area (Å²) in [5.41, 5.74) is 2.51. The third-order valence-corrected chi connectivity index (χ3v) is 4.61. The van der Waals surface area contributed by atoms with Crippen molar-refractivity contribution in [2.45, 2.75) is 24.2 Å². The predicted octanol–water partition coefficient (Wildman–Crippen LogP) is 3.96. The summed E-state index contributed by atoms with van der Waals surface area (Å²) in [6.45, 7) is -1.48. The lowest BCUT2D eigenvalue weighted by Crippen LogP contribution is -2.48. The van der Waals surface area contributed by atoms with Gasteiger partial charge in [0.1, 0.15) is 23.7 Å². The van der Waals surface area contributed by atoms with Crippen LogP contribution < -0.4 is 11.1 Å². The van der Waals surface area contributed by atoms with E-state index in [0.717, 1.165) is 18.2 Å². The summed E-state index contributed by atoms with van der Waals surface area (Å²) in [4.78, 5) is 19.7. The van der Waals surface area contributed by atoms with Gasteiger partial charge in [-0.1, -0.05) is 11.6 Å². The third kappa shape index (κ3) is 4.45. The molecule has 1 amide bonds. The molecule has 0 saturated carbocycles. The number of amidine groups is 1. The molecule has 160 valence electrons. The number of carbonyl (C=O) groups excluding carboxylic acids is 1. The van der Waals surface area contributed by atoms with Gasteiger partial charge in [-0.25, -0.2) is 18.8 Å². The maximum atomic E-state index is 14.5. The molecule has 0 unspecified atom stereocenters. The minimum atomic E-state index is -4.87. The lowest BCUT2D eigenvalue weighted by atomic mass is 9.84. The highest BCUT2D eigenvalue weighted by Crippen LogP contribution is 2.42. The molecule has 2 atom stereocenters. The molecule has 2 aromatic rings. The molecule has 0 fully saturated rings. The number of benzene rings is 1. The Kier molecular flexibility index (Phi) is 5.84. The quantitative estimate of drug-likeness (QED) is 0.693. The molecule has 1 aromatic carbocycles. The van der Waals surface area contributed by atoms with Crippen LogP contribution in [0.2, 0.25) is 5.02 Å². The van der Waals surface area contributed by atoms with Crippen molar-refractivity contribution in [1.82, 2.24) is 4.98 Å². The Morgan fingerprint density at radius 1 is 1.33 bits per heavy atom. The fourth-order valence-electron chi connectivity index (χ4n) is 2.95. The number of pyridine rings is 1. The molecular formula is C18H14ClF5N4O2. The maximum Gasteiger partial charge on any atom is 0.425 e. The molecule has 30 heavy (non-hydrogen) atoms. The lowest BCUT2D eigenvalue weighted by Gasteiger charge is -2.36. The fourth-order valence-corrected chi connectivity index (χ4v) is 3.06. The van der Waals surface area contributed by atoms with Crippen LogP contribution in [0, 0.1) is 5.82 Å². The molecule has 6 nitrogen and oxygen atoms in total. The fraction of sp³-hybridized carbons (Fsp3) is 0.278. The van der Waals surface area contributed by atoms with Crippen LogP contribution in [0.15, 0.2) is 41.5 Å². The number of hydrogen-bond donors (Lipinski definition) is 2. The molecule has 0 aliphatic carbocycles. The Labute approximate surface area is 171 Å². The second-order valence-corrected chi connectivity index (χ2v) is 6.91. The number of aromatic nitrogens is 1. The number of ether oxygens (including phenoxy) is 1. The van der Waals surface area contributed by atoms with Crippen molar-refractivity contribution in [3.05, 3.63) is 58.6 Å². The summed E-state index contributed by atoms with van der Waals surface area (Å²) >= 11 is 5.70. The first-order valence-corrected chi connectivity index (χ1v) is 8.79. The van der Waals surface area contributed by atoms with E-state index in [-0.39, 0.29) is 11.4 Å². The van der Waals surface area contributed by atoms with E-state index in [2.05, 4.69) is 20.0 Å². The Morgan fingerprint density at radius 2 is 2.07 bits per heavy atom. The van der Waals surface area contributed by atoms with Crippen molar-refractivity contribution >= 4 is 29.2 Å². The number of alkyl halides is 4. The molecule has 3 rings (SSSR count). The highest BCUT2D eigenvalue weighted by atomic mass is 35.5. The van der Waals surface area contributed by atoms with Crippen molar-refractivity contribution in [2.24, 2.45) is 10.7 Å². The minimum Gasteiger partial charge on any atom is -0.452 e. The number of hydrogen-bond acceptors (Lipinski definition) is 5. The van der Waals surface area contributed by atoms with E-state index in [1.54, 1.807) is 0 Å². The number of halogens is 6. The van der Waals surface area contributed by atoms with E-state index in [0.29, 0.717) is 5.02 Å². The monoisotopic (exact) mass is 448 g/mol. The summed E-state index contributed by atoms with van der Waals surface area (Å²) in [6, 6.07) is 4.88. The van der Waals surface area contributed by atoms with Gasteiger partial charge in [0.15, 0.2) is 6.10 Å². The SMILES string of the molecule is NC1=N[C@](CF)(c2cc(NC(=O)c3ccc(Cl)cn3)ccc2F)C[C@@H](C(F)(F)F)O1. The summed E-state index contributed by atoms with van der Waals surface area (Å²) in [7, 11) is 0.